The molecule has 4 rings (SSSR count). The number of hydrogen-bond donors (Lipinski definition) is 1. The third-order valence-corrected chi connectivity index (χ3v) is 6.86. The highest BCUT2D eigenvalue weighted by atomic mass is 16.5. The maximum absolute atomic E-state index is 13.7. The summed E-state index contributed by atoms with van der Waals surface area (Å²) in [5.41, 5.74) is 4.19. The van der Waals surface area contributed by atoms with E-state index in [9.17, 15) is 9.59 Å². The lowest BCUT2D eigenvalue weighted by atomic mass is 10.1. The number of carbonyl (C=O) groups is 2. The van der Waals surface area contributed by atoms with Crippen molar-refractivity contribution in [2.45, 2.75) is 25.8 Å². The van der Waals surface area contributed by atoms with Crippen LogP contribution in [0.5, 0.6) is 5.75 Å². The normalized spacial score (nSPS) is 10.9. The Morgan fingerprint density at radius 3 is 2.28 bits per heavy atom. The van der Waals surface area contributed by atoms with Gasteiger partial charge in [-0.1, -0.05) is 60.7 Å². The highest BCUT2D eigenvalue weighted by Crippen LogP contribution is 2.19. The highest BCUT2D eigenvalue weighted by Gasteiger charge is 2.22. The van der Waals surface area contributed by atoms with E-state index in [-0.39, 0.29) is 24.8 Å². The summed E-state index contributed by atoms with van der Waals surface area (Å²) < 4.78 is 10.4. The Hall–Kier alpha value is -4.10. The third kappa shape index (κ3) is 7.94. The number of amides is 2. The van der Waals surface area contributed by atoms with Crippen LogP contribution in [0.15, 0.2) is 85.1 Å². The van der Waals surface area contributed by atoms with Crippen molar-refractivity contribution in [3.8, 4) is 5.75 Å². The molecular formula is C32H37N3O4. The SMILES string of the molecule is COCCCN(CC(=O)N(CCc1c[nH]c2ccccc12)Cc1ccccc1)C(=O)Cc1ccc(OC)cc1. The molecule has 0 saturated carbocycles. The van der Waals surface area contributed by atoms with Crippen LogP contribution in [0.2, 0.25) is 0 Å². The van der Waals surface area contributed by atoms with Crippen molar-refractivity contribution in [1.29, 1.82) is 0 Å². The molecule has 2 amide bonds. The standard InChI is InChI=1S/C32H37N3O4/c1-38-20-8-18-34(31(36)21-25-13-15-28(39-2)16-14-25)24-32(37)35(23-26-9-4-3-5-10-26)19-17-27-22-33-30-12-7-6-11-29(27)30/h3-7,9-16,22,33H,8,17-21,23-24H2,1-2H3. The molecule has 1 heterocycles. The van der Waals surface area contributed by atoms with Crippen LogP contribution in [0.4, 0.5) is 0 Å². The summed E-state index contributed by atoms with van der Waals surface area (Å²) in [6, 6.07) is 25.6. The molecule has 0 aliphatic heterocycles. The van der Waals surface area contributed by atoms with Gasteiger partial charge in [0.2, 0.25) is 11.8 Å². The van der Waals surface area contributed by atoms with Crippen LogP contribution in [-0.2, 0) is 33.7 Å². The van der Waals surface area contributed by atoms with Crippen LogP contribution < -0.4 is 4.74 Å². The Labute approximate surface area is 230 Å². The first-order valence-corrected chi connectivity index (χ1v) is 13.3. The van der Waals surface area contributed by atoms with Crippen molar-refractivity contribution >= 4 is 22.7 Å². The van der Waals surface area contributed by atoms with Gasteiger partial charge in [-0.15, -0.1) is 0 Å². The van der Waals surface area contributed by atoms with Crippen molar-refractivity contribution < 1.29 is 19.1 Å². The number of methoxy groups -OCH3 is 2. The molecule has 1 N–H and O–H groups in total. The number of H-pyrrole nitrogens is 1. The van der Waals surface area contributed by atoms with Crippen LogP contribution in [0.25, 0.3) is 10.9 Å². The van der Waals surface area contributed by atoms with Gasteiger partial charge in [0.1, 0.15) is 5.75 Å². The van der Waals surface area contributed by atoms with E-state index < -0.39 is 0 Å². The predicted molar refractivity (Wildman–Crippen MR) is 154 cm³/mol. The van der Waals surface area contributed by atoms with Crippen molar-refractivity contribution in [3.63, 3.8) is 0 Å². The number of fused-ring (bicyclic) bond motifs is 1. The number of carbonyl (C=O) groups excluding carboxylic acids is 2. The molecule has 1 aromatic heterocycles. The zero-order chi connectivity index (χ0) is 27.5. The van der Waals surface area contributed by atoms with Gasteiger partial charge < -0.3 is 24.3 Å². The Morgan fingerprint density at radius 2 is 1.54 bits per heavy atom. The smallest absolute Gasteiger partial charge is 0.242 e. The second-order valence-corrected chi connectivity index (χ2v) is 9.60. The van der Waals surface area contributed by atoms with Crippen molar-refractivity contribution in [2.24, 2.45) is 0 Å². The first kappa shape index (κ1) is 27.9. The highest BCUT2D eigenvalue weighted by molar-refractivity contribution is 5.86. The molecule has 0 aliphatic rings. The number of rotatable bonds is 14. The number of hydrogen-bond acceptors (Lipinski definition) is 4. The van der Waals surface area contributed by atoms with Crippen molar-refractivity contribution in [1.82, 2.24) is 14.8 Å². The summed E-state index contributed by atoms with van der Waals surface area (Å²) in [5, 5.41) is 1.17. The largest absolute Gasteiger partial charge is 0.497 e. The Bertz CT molecular complexity index is 1330. The lowest BCUT2D eigenvalue weighted by molar-refractivity contribution is -0.140. The Kier molecular flexibility index (Phi) is 10.1. The van der Waals surface area contributed by atoms with Crippen molar-refractivity contribution in [2.75, 3.05) is 40.5 Å². The van der Waals surface area contributed by atoms with E-state index in [0.717, 1.165) is 22.4 Å². The summed E-state index contributed by atoms with van der Waals surface area (Å²) >= 11 is 0. The molecule has 0 bridgehead atoms. The maximum atomic E-state index is 13.7. The fraction of sp³-hybridized carbons (Fsp3) is 0.312. The number of nitrogens with zero attached hydrogens (tertiary/aromatic N) is 2. The van der Waals surface area contributed by atoms with Gasteiger partial charge >= 0.3 is 0 Å². The second-order valence-electron chi connectivity index (χ2n) is 9.60. The van der Waals surface area contributed by atoms with Gasteiger partial charge in [0.15, 0.2) is 0 Å². The average Bonchev–Trinajstić information content (AvgIpc) is 3.38. The molecule has 0 aliphatic carbocycles. The molecule has 0 atom stereocenters. The van der Waals surface area contributed by atoms with E-state index in [0.29, 0.717) is 39.1 Å². The molecule has 7 heteroatoms. The van der Waals surface area contributed by atoms with E-state index in [1.807, 2.05) is 77.8 Å². The number of aromatic amines is 1. The van der Waals surface area contributed by atoms with Gasteiger partial charge in [0.25, 0.3) is 0 Å². The fourth-order valence-corrected chi connectivity index (χ4v) is 4.67. The van der Waals surface area contributed by atoms with Crippen molar-refractivity contribution in [3.05, 3.63) is 102 Å². The Balaban J connectivity index is 1.48. The average molecular weight is 528 g/mol. The number of benzene rings is 3. The molecule has 0 radical (unpaired) electrons. The van der Waals surface area contributed by atoms with E-state index in [1.165, 1.54) is 10.9 Å². The second kappa shape index (κ2) is 14.2. The number of ether oxygens (including phenoxy) is 2. The molecule has 39 heavy (non-hydrogen) atoms. The minimum absolute atomic E-state index is 0.0272. The van der Waals surface area contributed by atoms with Gasteiger partial charge in [-0.3, -0.25) is 9.59 Å². The van der Waals surface area contributed by atoms with Crippen LogP contribution >= 0.6 is 0 Å². The number of aromatic nitrogens is 1. The molecule has 7 nitrogen and oxygen atoms in total. The predicted octanol–water partition coefficient (Wildman–Crippen LogP) is 4.86. The van der Waals surface area contributed by atoms with Crippen LogP contribution in [0.1, 0.15) is 23.1 Å². The minimum Gasteiger partial charge on any atom is -0.497 e. The third-order valence-electron chi connectivity index (χ3n) is 6.86. The zero-order valence-corrected chi connectivity index (χ0v) is 22.8. The molecule has 204 valence electrons. The zero-order valence-electron chi connectivity index (χ0n) is 22.8. The molecule has 3 aromatic carbocycles. The first-order valence-electron chi connectivity index (χ1n) is 13.3. The molecule has 0 spiro atoms. The maximum Gasteiger partial charge on any atom is 0.242 e. The molecule has 0 saturated heterocycles. The van der Waals surface area contributed by atoms with Gasteiger partial charge in [0.05, 0.1) is 20.1 Å². The summed E-state index contributed by atoms with van der Waals surface area (Å²) in [4.78, 5) is 33.9. The van der Waals surface area contributed by atoms with E-state index in [2.05, 4.69) is 17.1 Å². The van der Waals surface area contributed by atoms with E-state index in [4.69, 9.17) is 9.47 Å². The molecule has 0 unspecified atom stereocenters. The minimum atomic E-state index is -0.0825. The van der Waals surface area contributed by atoms with Gasteiger partial charge in [-0.25, -0.2) is 0 Å². The summed E-state index contributed by atoms with van der Waals surface area (Å²) in [5.74, 6) is 0.588. The summed E-state index contributed by atoms with van der Waals surface area (Å²) in [6.07, 6.45) is 3.61. The van der Waals surface area contributed by atoms with Gasteiger partial charge in [-0.05, 0) is 47.7 Å². The quantitative estimate of drug-likeness (QED) is 0.238. The topological polar surface area (TPSA) is 74.9 Å². The van der Waals surface area contributed by atoms with Crippen LogP contribution in [0.3, 0.4) is 0 Å². The monoisotopic (exact) mass is 527 g/mol. The molecule has 0 fully saturated rings. The summed E-state index contributed by atoms with van der Waals surface area (Å²) in [6.45, 7) is 2.04. The fourth-order valence-electron chi connectivity index (χ4n) is 4.67. The molecular weight excluding hydrogens is 490 g/mol. The van der Waals surface area contributed by atoms with E-state index in [1.54, 1.807) is 19.1 Å². The van der Waals surface area contributed by atoms with Gasteiger partial charge in [-0.2, -0.15) is 0 Å². The van der Waals surface area contributed by atoms with E-state index >= 15 is 0 Å². The lowest BCUT2D eigenvalue weighted by Crippen LogP contribution is -2.44. The van der Waals surface area contributed by atoms with Crippen LogP contribution in [0, 0.1) is 0 Å². The number of nitrogens with one attached hydrogen (secondary N) is 1. The van der Waals surface area contributed by atoms with Gasteiger partial charge in [0, 0.05) is 50.5 Å². The van der Waals surface area contributed by atoms with Crippen LogP contribution in [-0.4, -0.2) is 67.1 Å². The lowest BCUT2D eigenvalue weighted by Gasteiger charge is -2.28. The Morgan fingerprint density at radius 1 is 0.795 bits per heavy atom. The molecule has 4 aromatic rings. The number of para-hydroxylation sites is 1. The first-order chi connectivity index (χ1) is 19.1. The summed E-state index contributed by atoms with van der Waals surface area (Å²) in [7, 11) is 3.25.